The molecule has 5 nitrogen and oxygen atoms in total. The number of carbonyl (C=O) groups excluding carboxylic acids is 2. The third kappa shape index (κ3) is 2.45. The van der Waals surface area contributed by atoms with Crippen LogP contribution in [0.5, 0.6) is 5.75 Å². The van der Waals surface area contributed by atoms with Crippen molar-refractivity contribution < 1.29 is 14.3 Å². The maximum absolute atomic E-state index is 11.7. The van der Waals surface area contributed by atoms with Crippen LogP contribution < -0.4 is 15.0 Å². The molecule has 0 aromatic heterocycles. The Balaban J connectivity index is 2.30. The molecule has 96 valence electrons. The third-order valence-corrected chi connectivity index (χ3v) is 2.67. The lowest BCUT2D eigenvalue weighted by Crippen LogP contribution is -2.39. The molecule has 0 saturated carbocycles. The van der Waals surface area contributed by atoms with Crippen molar-refractivity contribution >= 4 is 23.2 Å². The van der Waals surface area contributed by atoms with Gasteiger partial charge in [-0.3, -0.25) is 9.59 Å². The van der Waals surface area contributed by atoms with Gasteiger partial charge < -0.3 is 15.0 Å². The van der Waals surface area contributed by atoms with E-state index in [1.165, 1.54) is 6.92 Å². The standard InChI is InChI=1S/C13H16N2O3/c1-3-6-15-11-5-4-10(14-9(2)16)7-12(11)18-8-13(15)17/h4-5,7H,3,6,8H2,1-2H3,(H,14,16). The van der Waals surface area contributed by atoms with Crippen LogP contribution in [0.4, 0.5) is 11.4 Å². The van der Waals surface area contributed by atoms with Crippen LogP contribution in [0.25, 0.3) is 0 Å². The van der Waals surface area contributed by atoms with Crippen molar-refractivity contribution in [2.75, 3.05) is 23.4 Å². The van der Waals surface area contributed by atoms with Crippen molar-refractivity contribution in [2.45, 2.75) is 20.3 Å². The summed E-state index contributed by atoms with van der Waals surface area (Å²) in [5, 5.41) is 2.69. The van der Waals surface area contributed by atoms with Crippen molar-refractivity contribution in [2.24, 2.45) is 0 Å². The second-order valence-electron chi connectivity index (χ2n) is 4.20. The third-order valence-electron chi connectivity index (χ3n) is 2.67. The second kappa shape index (κ2) is 5.08. The minimum absolute atomic E-state index is 0.0309. The highest BCUT2D eigenvalue weighted by molar-refractivity contribution is 5.98. The van der Waals surface area contributed by atoms with Gasteiger partial charge >= 0.3 is 0 Å². The molecule has 18 heavy (non-hydrogen) atoms. The fourth-order valence-electron chi connectivity index (χ4n) is 1.95. The Morgan fingerprint density at radius 3 is 2.94 bits per heavy atom. The van der Waals surface area contributed by atoms with Crippen molar-refractivity contribution in [3.63, 3.8) is 0 Å². The molecule has 2 rings (SSSR count). The average Bonchev–Trinajstić information content (AvgIpc) is 2.32. The molecule has 0 radical (unpaired) electrons. The van der Waals surface area contributed by atoms with Gasteiger partial charge in [0.1, 0.15) is 5.75 Å². The van der Waals surface area contributed by atoms with E-state index in [1.807, 2.05) is 6.92 Å². The van der Waals surface area contributed by atoms with Gasteiger partial charge in [-0.1, -0.05) is 6.92 Å². The molecule has 2 amide bonds. The number of fused-ring (bicyclic) bond motifs is 1. The van der Waals surface area contributed by atoms with E-state index in [0.717, 1.165) is 12.1 Å². The van der Waals surface area contributed by atoms with Crippen LogP contribution in [0, 0.1) is 0 Å². The smallest absolute Gasteiger partial charge is 0.265 e. The van der Waals surface area contributed by atoms with Crippen LogP contribution in [0.1, 0.15) is 20.3 Å². The van der Waals surface area contributed by atoms with Gasteiger partial charge in [-0.05, 0) is 18.6 Å². The molecule has 5 heteroatoms. The first-order valence-electron chi connectivity index (χ1n) is 5.96. The molecule has 1 aliphatic rings. The van der Waals surface area contributed by atoms with Crippen molar-refractivity contribution in [1.29, 1.82) is 0 Å². The summed E-state index contributed by atoms with van der Waals surface area (Å²) < 4.78 is 5.39. The van der Waals surface area contributed by atoms with Gasteiger partial charge in [0.05, 0.1) is 5.69 Å². The van der Waals surface area contributed by atoms with E-state index in [9.17, 15) is 9.59 Å². The molecular weight excluding hydrogens is 232 g/mol. The quantitative estimate of drug-likeness (QED) is 0.887. The topological polar surface area (TPSA) is 58.6 Å². The van der Waals surface area contributed by atoms with Gasteiger partial charge in [0, 0.05) is 25.2 Å². The molecule has 0 fully saturated rings. The highest BCUT2D eigenvalue weighted by atomic mass is 16.5. The first kappa shape index (κ1) is 12.4. The minimum atomic E-state index is -0.132. The number of hydrogen-bond donors (Lipinski definition) is 1. The van der Waals surface area contributed by atoms with E-state index in [2.05, 4.69) is 5.32 Å². The summed E-state index contributed by atoms with van der Waals surface area (Å²) in [4.78, 5) is 24.4. The van der Waals surface area contributed by atoms with Gasteiger partial charge in [0.25, 0.3) is 5.91 Å². The van der Waals surface area contributed by atoms with Gasteiger partial charge in [0.2, 0.25) is 5.91 Å². The van der Waals surface area contributed by atoms with E-state index in [1.54, 1.807) is 23.1 Å². The number of carbonyl (C=O) groups is 2. The van der Waals surface area contributed by atoms with Crippen LogP contribution in [0.2, 0.25) is 0 Å². The molecule has 0 unspecified atom stereocenters. The summed E-state index contributed by atoms with van der Waals surface area (Å²) in [6.45, 7) is 4.20. The lowest BCUT2D eigenvalue weighted by molar-refractivity contribution is -0.121. The second-order valence-corrected chi connectivity index (χ2v) is 4.20. The van der Waals surface area contributed by atoms with Crippen LogP contribution >= 0.6 is 0 Å². The van der Waals surface area contributed by atoms with Crippen molar-refractivity contribution in [1.82, 2.24) is 0 Å². The Labute approximate surface area is 106 Å². The SMILES string of the molecule is CCCN1C(=O)COc2cc(NC(C)=O)ccc21. The number of hydrogen-bond acceptors (Lipinski definition) is 3. The summed E-state index contributed by atoms with van der Waals surface area (Å²) in [7, 11) is 0. The number of amides is 2. The van der Waals surface area contributed by atoms with Gasteiger partial charge in [-0.25, -0.2) is 0 Å². The fraction of sp³-hybridized carbons (Fsp3) is 0.385. The first-order valence-corrected chi connectivity index (χ1v) is 5.96. The van der Waals surface area contributed by atoms with Crippen molar-refractivity contribution in [3.8, 4) is 5.75 Å². The maximum Gasteiger partial charge on any atom is 0.265 e. The summed E-state index contributed by atoms with van der Waals surface area (Å²) in [6.07, 6.45) is 0.888. The summed E-state index contributed by atoms with van der Waals surface area (Å²) in [5.74, 6) is 0.471. The zero-order chi connectivity index (χ0) is 13.1. The normalized spacial score (nSPS) is 13.9. The Hall–Kier alpha value is -2.04. The number of anilines is 2. The predicted molar refractivity (Wildman–Crippen MR) is 68.9 cm³/mol. The van der Waals surface area contributed by atoms with E-state index in [0.29, 0.717) is 18.0 Å². The number of rotatable bonds is 3. The predicted octanol–water partition coefficient (Wildman–Crippen LogP) is 1.78. The maximum atomic E-state index is 11.7. The summed E-state index contributed by atoms with van der Waals surface area (Å²) >= 11 is 0. The van der Waals surface area contributed by atoms with Gasteiger partial charge in [0.15, 0.2) is 6.61 Å². The number of nitrogens with zero attached hydrogens (tertiary/aromatic N) is 1. The molecule has 1 aliphatic heterocycles. The lowest BCUT2D eigenvalue weighted by atomic mass is 10.2. The highest BCUT2D eigenvalue weighted by Gasteiger charge is 2.24. The average molecular weight is 248 g/mol. The minimum Gasteiger partial charge on any atom is -0.481 e. The highest BCUT2D eigenvalue weighted by Crippen LogP contribution is 2.34. The fourth-order valence-corrected chi connectivity index (χ4v) is 1.95. The van der Waals surface area contributed by atoms with Gasteiger partial charge in [-0.15, -0.1) is 0 Å². The Kier molecular flexibility index (Phi) is 3.50. The van der Waals surface area contributed by atoms with Crippen molar-refractivity contribution in [3.05, 3.63) is 18.2 Å². The molecule has 0 bridgehead atoms. The van der Waals surface area contributed by atoms with E-state index < -0.39 is 0 Å². The lowest BCUT2D eigenvalue weighted by Gasteiger charge is -2.29. The molecule has 0 atom stereocenters. The number of benzene rings is 1. The zero-order valence-corrected chi connectivity index (χ0v) is 10.5. The summed E-state index contributed by atoms with van der Waals surface area (Å²) in [5.41, 5.74) is 1.44. The molecule has 1 aromatic rings. The molecule has 1 heterocycles. The molecule has 0 aliphatic carbocycles. The van der Waals surface area contributed by atoms with E-state index in [-0.39, 0.29) is 18.4 Å². The van der Waals surface area contributed by atoms with Crippen LogP contribution in [0.15, 0.2) is 18.2 Å². The van der Waals surface area contributed by atoms with Gasteiger partial charge in [-0.2, -0.15) is 0 Å². The monoisotopic (exact) mass is 248 g/mol. The Morgan fingerprint density at radius 2 is 2.28 bits per heavy atom. The van der Waals surface area contributed by atoms with Crippen LogP contribution in [-0.4, -0.2) is 25.0 Å². The van der Waals surface area contributed by atoms with Crippen LogP contribution in [0.3, 0.4) is 0 Å². The van der Waals surface area contributed by atoms with E-state index >= 15 is 0 Å². The molecule has 1 N–H and O–H groups in total. The van der Waals surface area contributed by atoms with E-state index in [4.69, 9.17) is 4.74 Å². The molecule has 1 aromatic carbocycles. The number of ether oxygens (including phenoxy) is 1. The Bertz CT molecular complexity index is 485. The first-order chi connectivity index (χ1) is 8.61. The molecule has 0 spiro atoms. The van der Waals surface area contributed by atoms with Crippen LogP contribution in [-0.2, 0) is 9.59 Å². The Morgan fingerprint density at radius 1 is 1.50 bits per heavy atom. The summed E-state index contributed by atoms with van der Waals surface area (Å²) in [6, 6.07) is 5.31. The molecule has 0 saturated heterocycles. The largest absolute Gasteiger partial charge is 0.481 e. The molecular formula is C13H16N2O3. The number of nitrogens with one attached hydrogen (secondary N) is 1. The zero-order valence-electron chi connectivity index (χ0n) is 10.5.